The van der Waals surface area contributed by atoms with Crippen molar-refractivity contribution in [1.82, 2.24) is 31.9 Å². The molecule has 0 unspecified atom stereocenters. The molecular weight excluding hydrogens is 869 g/mol. The average Bonchev–Trinajstić information content (AvgIpc) is 3.27. The lowest BCUT2D eigenvalue weighted by molar-refractivity contribution is -0.143. The molecule has 0 bridgehead atoms. The molecule has 0 aromatic heterocycles. The summed E-state index contributed by atoms with van der Waals surface area (Å²) in [5.74, 6) is -9.13. The zero-order chi connectivity index (χ0) is 50.1. The lowest BCUT2D eigenvalue weighted by Gasteiger charge is -2.30. The number of carboxylic acids is 2. The molecule has 0 radical (unpaired) electrons. The molecule has 0 aliphatic heterocycles. The second kappa shape index (κ2) is 30.3. The van der Waals surface area contributed by atoms with Crippen molar-refractivity contribution in [1.29, 1.82) is 0 Å². The number of benzene rings is 2. The highest BCUT2D eigenvalue weighted by Gasteiger charge is 2.37. The van der Waals surface area contributed by atoms with Crippen LogP contribution in [0.2, 0.25) is 0 Å². The Hall–Kier alpha value is -6.08. The van der Waals surface area contributed by atoms with Gasteiger partial charge in [-0.25, -0.2) is 4.79 Å². The lowest BCUT2D eigenvalue weighted by Crippen LogP contribution is -2.63. The van der Waals surface area contributed by atoms with Crippen LogP contribution < -0.4 is 31.9 Å². The molecule has 67 heavy (non-hydrogen) atoms. The summed E-state index contributed by atoms with van der Waals surface area (Å²) in [6, 6.07) is 4.31. The number of aliphatic hydroxyl groups is 2. The fourth-order valence-corrected chi connectivity index (χ4v) is 7.16. The van der Waals surface area contributed by atoms with Gasteiger partial charge < -0.3 is 57.4 Å². The highest BCUT2D eigenvalue weighted by Crippen LogP contribution is 2.15. The summed E-state index contributed by atoms with van der Waals surface area (Å²) in [7, 11) is 0. The first kappa shape index (κ1) is 57.0. The Morgan fingerprint density at radius 1 is 0.507 bits per heavy atom. The van der Waals surface area contributed by atoms with E-state index in [0.717, 1.165) is 25.7 Å². The number of carbonyl (C=O) groups excluding carboxylic acids is 6. The highest BCUT2D eigenvalue weighted by molar-refractivity contribution is 5.98. The fraction of sp³-hybridized carbons (Fsp3) is 0.583. The van der Waals surface area contributed by atoms with Gasteiger partial charge in [0.15, 0.2) is 0 Å². The number of carbonyl (C=O) groups is 8. The van der Waals surface area contributed by atoms with Crippen LogP contribution in [-0.2, 0) is 51.2 Å². The van der Waals surface area contributed by atoms with Gasteiger partial charge in [-0.3, -0.25) is 33.6 Å². The Balaban J connectivity index is 2.25. The number of hydrogen-bond donors (Lipinski definition) is 11. The smallest absolute Gasteiger partial charge is 0.326 e. The van der Waals surface area contributed by atoms with Gasteiger partial charge >= 0.3 is 11.9 Å². The van der Waals surface area contributed by atoms with E-state index in [1.165, 1.54) is 63.8 Å². The first-order chi connectivity index (χ1) is 31.8. The number of aliphatic hydroxyl groups excluding tert-OH is 2. The van der Waals surface area contributed by atoms with Gasteiger partial charge in [0.1, 0.15) is 42.0 Å². The molecular formula is C48H72N6O13. The van der Waals surface area contributed by atoms with E-state index in [0.29, 0.717) is 24.0 Å². The molecule has 19 nitrogen and oxygen atoms in total. The van der Waals surface area contributed by atoms with E-state index in [9.17, 15) is 63.9 Å². The molecule has 0 aliphatic carbocycles. The van der Waals surface area contributed by atoms with E-state index >= 15 is 0 Å². The van der Waals surface area contributed by atoms with Crippen molar-refractivity contribution >= 4 is 47.4 Å². The molecule has 0 heterocycles. The van der Waals surface area contributed by atoms with Gasteiger partial charge in [-0.2, -0.15) is 0 Å². The molecule has 0 aliphatic rings. The minimum absolute atomic E-state index is 0.0774. The predicted molar refractivity (Wildman–Crippen MR) is 248 cm³/mol. The van der Waals surface area contributed by atoms with Crippen molar-refractivity contribution in [3.05, 3.63) is 65.7 Å². The first-order valence-corrected chi connectivity index (χ1v) is 23.2. The number of amides is 6. The monoisotopic (exact) mass is 941 g/mol. The standard InChI is InChI=1S/C48H72N6O13/c1-6-8-9-10-11-12-13-14-18-21-38(58)52-41(30(4)55)47(65)53-40(29(3)7-2)45(63)54-42(31(5)56)46(64)50-35(26-32-19-16-15-17-20-32)43(61)49-36(28-39(59)60)44(62)51-37(48(66)67)27-33-22-24-34(57)25-23-33/h15-17,19-20,22-25,29-31,35-37,40-42,55-57H,6-14,18,21,26-28H2,1-5H3,(H,49,61)(H,50,64)(H,51,62)(H,52,58)(H,53,65)(H,54,63)(H,59,60)(H,66,67)/t29-,30+,31+,35-,36-,37-,40-,41-,42-/m0/s1. The van der Waals surface area contributed by atoms with E-state index in [1.54, 1.807) is 44.2 Å². The first-order valence-electron chi connectivity index (χ1n) is 23.2. The van der Waals surface area contributed by atoms with E-state index < -0.39 is 108 Å². The zero-order valence-corrected chi connectivity index (χ0v) is 39.3. The third kappa shape index (κ3) is 21.4. The number of rotatable bonds is 32. The van der Waals surface area contributed by atoms with Crippen LogP contribution in [0.1, 0.15) is 123 Å². The van der Waals surface area contributed by atoms with E-state index in [-0.39, 0.29) is 25.0 Å². The van der Waals surface area contributed by atoms with Crippen LogP contribution in [0, 0.1) is 5.92 Å². The van der Waals surface area contributed by atoms with Crippen LogP contribution in [0.4, 0.5) is 0 Å². The molecule has 2 aromatic carbocycles. The van der Waals surface area contributed by atoms with Crippen LogP contribution in [0.3, 0.4) is 0 Å². The fourth-order valence-electron chi connectivity index (χ4n) is 7.16. The van der Waals surface area contributed by atoms with Crippen LogP contribution in [-0.4, -0.2) is 121 Å². The molecule has 9 atom stereocenters. The van der Waals surface area contributed by atoms with Gasteiger partial charge in [0, 0.05) is 19.3 Å². The van der Waals surface area contributed by atoms with Crippen LogP contribution in [0.15, 0.2) is 54.6 Å². The SMILES string of the molecule is CCCCCCCCCCCC(=O)N[C@H](C(=O)N[C@H](C(=O)N[C@H](C(=O)N[C@@H](Cc1ccccc1)C(=O)N[C@@H](CC(=O)O)C(=O)N[C@@H](Cc1ccc(O)cc1)C(=O)O)[C@@H](C)O)[C@@H](C)CC)[C@@H](C)O. The highest BCUT2D eigenvalue weighted by atomic mass is 16.4. The number of nitrogens with one attached hydrogen (secondary N) is 6. The summed E-state index contributed by atoms with van der Waals surface area (Å²) in [6.45, 7) is 8.08. The Kier molecular flexibility index (Phi) is 25.8. The van der Waals surface area contributed by atoms with Crippen LogP contribution in [0.5, 0.6) is 5.75 Å². The molecule has 2 rings (SSSR count). The van der Waals surface area contributed by atoms with Gasteiger partial charge in [0.25, 0.3) is 0 Å². The number of unbranched alkanes of at least 4 members (excludes halogenated alkanes) is 8. The minimum Gasteiger partial charge on any atom is -0.508 e. The molecule has 11 N–H and O–H groups in total. The van der Waals surface area contributed by atoms with Crippen molar-refractivity contribution in [2.45, 2.75) is 173 Å². The summed E-state index contributed by atoms with van der Waals surface area (Å²) in [5, 5.41) is 65.0. The molecule has 0 spiro atoms. The number of phenolic OH excluding ortho intramolecular Hbond substituents is 1. The number of phenols is 1. The minimum atomic E-state index is -1.83. The van der Waals surface area contributed by atoms with Crippen molar-refractivity contribution in [2.24, 2.45) is 5.92 Å². The lowest BCUT2D eigenvalue weighted by atomic mass is 9.96. The number of carboxylic acid groups (broad SMARTS) is 2. The molecule has 19 heteroatoms. The van der Waals surface area contributed by atoms with Gasteiger partial charge in [-0.1, -0.05) is 121 Å². The summed E-state index contributed by atoms with van der Waals surface area (Å²) >= 11 is 0. The van der Waals surface area contributed by atoms with E-state index in [4.69, 9.17) is 0 Å². The molecule has 0 saturated heterocycles. The topological polar surface area (TPSA) is 310 Å². The number of aromatic hydroxyl groups is 1. The van der Waals surface area contributed by atoms with Gasteiger partial charge in [0.2, 0.25) is 35.4 Å². The Morgan fingerprint density at radius 2 is 0.955 bits per heavy atom. The summed E-state index contributed by atoms with van der Waals surface area (Å²) in [5.41, 5.74) is 0.923. The van der Waals surface area contributed by atoms with Gasteiger partial charge in [-0.15, -0.1) is 0 Å². The van der Waals surface area contributed by atoms with Crippen molar-refractivity contribution in [3.63, 3.8) is 0 Å². The van der Waals surface area contributed by atoms with Gasteiger partial charge in [0.05, 0.1) is 18.6 Å². The van der Waals surface area contributed by atoms with Crippen LogP contribution in [0.25, 0.3) is 0 Å². The predicted octanol–water partition coefficient (Wildman–Crippen LogP) is 2.37. The largest absolute Gasteiger partial charge is 0.508 e. The summed E-state index contributed by atoms with van der Waals surface area (Å²) < 4.78 is 0. The molecule has 2 aromatic rings. The van der Waals surface area contributed by atoms with Gasteiger partial charge in [-0.05, 0) is 49.4 Å². The average molecular weight is 941 g/mol. The third-order valence-corrected chi connectivity index (χ3v) is 11.4. The maximum absolute atomic E-state index is 14.0. The second-order valence-corrected chi connectivity index (χ2v) is 17.1. The number of aliphatic carboxylic acids is 2. The normalized spacial score (nSPS) is 15.1. The third-order valence-electron chi connectivity index (χ3n) is 11.4. The van der Waals surface area contributed by atoms with Crippen LogP contribution >= 0.6 is 0 Å². The van der Waals surface area contributed by atoms with Crippen molar-refractivity contribution in [3.8, 4) is 5.75 Å². The number of hydrogen-bond acceptors (Lipinski definition) is 11. The van der Waals surface area contributed by atoms with Crippen molar-refractivity contribution < 1.29 is 63.9 Å². The summed E-state index contributed by atoms with van der Waals surface area (Å²) in [4.78, 5) is 106. The molecule has 0 fully saturated rings. The second-order valence-electron chi connectivity index (χ2n) is 17.1. The van der Waals surface area contributed by atoms with Crippen molar-refractivity contribution in [2.75, 3.05) is 0 Å². The summed E-state index contributed by atoms with van der Waals surface area (Å²) in [6.07, 6.45) is 5.49. The zero-order valence-electron chi connectivity index (χ0n) is 39.3. The Labute approximate surface area is 392 Å². The quantitative estimate of drug-likeness (QED) is 0.0470. The maximum atomic E-state index is 14.0. The van der Waals surface area contributed by atoms with E-state index in [2.05, 4.69) is 38.8 Å². The molecule has 6 amide bonds. The Morgan fingerprint density at radius 3 is 1.49 bits per heavy atom. The maximum Gasteiger partial charge on any atom is 0.326 e. The molecule has 0 saturated carbocycles. The Bertz CT molecular complexity index is 1900. The van der Waals surface area contributed by atoms with E-state index in [1.807, 2.05) is 0 Å². The molecule has 372 valence electrons.